The van der Waals surface area contributed by atoms with E-state index in [0.717, 1.165) is 36.5 Å². The average Bonchev–Trinajstić information content (AvgIpc) is 3.59. The first-order valence-electron chi connectivity index (χ1n) is 15.3. The summed E-state index contributed by atoms with van der Waals surface area (Å²) in [5.74, 6) is 4.60. The molecule has 2 bridgehead atoms. The van der Waals surface area contributed by atoms with Crippen LogP contribution in [0, 0.1) is 49.4 Å². The molecule has 4 aliphatic carbocycles. The highest BCUT2D eigenvalue weighted by Gasteiger charge is 2.45. The molecule has 2 saturated carbocycles. The highest BCUT2D eigenvalue weighted by molar-refractivity contribution is 5.80. The zero-order valence-corrected chi connectivity index (χ0v) is 24.2. The van der Waals surface area contributed by atoms with Gasteiger partial charge in [0.2, 0.25) is 0 Å². The Bertz CT molecular complexity index is 1330. The fourth-order valence-corrected chi connectivity index (χ4v) is 8.76. The van der Waals surface area contributed by atoms with Gasteiger partial charge >= 0.3 is 0 Å². The van der Waals surface area contributed by atoms with Crippen molar-refractivity contribution >= 4 is 6.08 Å². The van der Waals surface area contributed by atoms with Crippen LogP contribution in [-0.2, 0) is 12.8 Å². The van der Waals surface area contributed by atoms with Crippen molar-refractivity contribution in [3.8, 4) is 11.1 Å². The summed E-state index contributed by atoms with van der Waals surface area (Å²) in [6, 6.07) is 11.9. The lowest BCUT2D eigenvalue weighted by atomic mass is 9.74. The SMILES string of the molecule is C=C1C=CC(C)C(=C)C1CC1=Cc2cccc(-c3cc(C)cc(C)c3CC3CC4CC(CCC)C3C4)c2C1. The molecule has 2 fully saturated rings. The summed E-state index contributed by atoms with van der Waals surface area (Å²) in [4.78, 5) is 0. The van der Waals surface area contributed by atoms with E-state index in [1.165, 1.54) is 88.6 Å². The van der Waals surface area contributed by atoms with Crippen LogP contribution in [-0.4, -0.2) is 0 Å². The molecule has 4 aliphatic rings. The van der Waals surface area contributed by atoms with Crippen LogP contribution in [0.1, 0.15) is 80.2 Å². The van der Waals surface area contributed by atoms with E-state index in [4.69, 9.17) is 0 Å². The molecule has 0 nitrogen and oxygen atoms in total. The molecule has 0 aromatic heterocycles. The van der Waals surface area contributed by atoms with E-state index in [1.807, 2.05) is 0 Å². The summed E-state index contributed by atoms with van der Waals surface area (Å²) in [6.45, 7) is 18.1. The highest BCUT2D eigenvalue weighted by atomic mass is 14.5. The van der Waals surface area contributed by atoms with Crippen molar-refractivity contribution in [3.05, 3.63) is 100 Å². The quantitative estimate of drug-likeness (QED) is 0.330. The lowest BCUT2D eigenvalue weighted by Gasteiger charge is -2.31. The molecule has 0 aliphatic heterocycles. The maximum Gasteiger partial charge on any atom is 0.00826 e. The minimum atomic E-state index is 0.365. The molecule has 0 heterocycles. The minimum Gasteiger partial charge on any atom is -0.0986 e. The molecule has 198 valence electrons. The van der Waals surface area contributed by atoms with Crippen molar-refractivity contribution in [2.24, 2.45) is 35.5 Å². The maximum atomic E-state index is 4.46. The van der Waals surface area contributed by atoms with Crippen LogP contribution in [0.15, 0.2) is 72.4 Å². The second-order valence-corrected chi connectivity index (χ2v) is 13.3. The van der Waals surface area contributed by atoms with Crippen molar-refractivity contribution in [2.75, 3.05) is 0 Å². The van der Waals surface area contributed by atoms with Crippen LogP contribution < -0.4 is 0 Å². The van der Waals surface area contributed by atoms with Crippen LogP contribution in [0.2, 0.25) is 0 Å². The molecule has 0 spiro atoms. The number of benzene rings is 2. The first kappa shape index (κ1) is 25.7. The number of hydrogen-bond donors (Lipinski definition) is 0. The number of allylic oxidation sites excluding steroid dienone is 5. The largest absolute Gasteiger partial charge is 0.0986 e. The monoisotopic (exact) mass is 502 g/mol. The Kier molecular flexibility index (Phi) is 6.88. The molecular weight excluding hydrogens is 456 g/mol. The topological polar surface area (TPSA) is 0 Å². The number of hydrogen-bond acceptors (Lipinski definition) is 0. The number of fused-ring (bicyclic) bond motifs is 3. The molecule has 0 saturated heterocycles. The summed E-state index contributed by atoms with van der Waals surface area (Å²) < 4.78 is 0. The average molecular weight is 503 g/mol. The van der Waals surface area contributed by atoms with Crippen LogP contribution in [0.5, 0.6) is 0 Å². The Hall–Kier alpha value is -2.60. The van der Waals surface area contributed by atoms with Gasteiger partial charge in [-0.1, -0.05) is 105 Å². The van der Waals surface area contributed by atoms with Gasteiger partial charge in [-0.2, -0.15) is 0 Å². The van der Waals surface area contributed by atoms with Crippen LogP contribution in [0.4, 0.5) is 0 Å². The third kappa shape index (κ3) is 4.59. The molecular formula is C38H46. The fraction of sp³-hybridized carbons (Fsp3) is 0.474. The Balaban J connectivity index is 1.29. The Morgan fingerprint density at radius 1 is 0.947 bits per heavy atom. The predicted molar refractivity (Wildman–Crippen MR) is 164 cm³/mol. The van der Waals surface area contributed by atoms with E-state index < -0.39 is 0 Å². The molecule has 6 unspecified atom stereocenters. The normalized spacial score (nSPS) is 29.7. The zero-order valence-electron chi connectivity index (χ0n) is 24.2. The van der Waals surface area contributed by atoms with E-state index in [0.29, 0.717) is 11.8 Å². The van der Waals surface area contributed by atoms with Crippen molar-refractivity contribution in [2.45, 2.75) is 79.1 Å². The van der Waals surface area contributed by atoms with Gasteiger partial charge in [-0.25, -0.2) is 0 Å². The van der Waals surface area contributed by atoms with Gasteiger partial charge in [0.05, 0.1) is 0 Å². The van der Waals surface area contributed by atoms with Gasteiger partial charge < -0.3 is 0 Å². The van der Waals surface area contributed by atoms with Crippen molar-refractivity contribution in [1.82, 2.24) is 0 Å². The molecule has 2 aromatic rings. The summed E-state index contributed by atoms with van der Waals surface area (Å²) >= 11 is 0. The van der Waals surface area contributed by atoms with Crippen LogP contribution >= 0.6 is 0 Å². The summed E-state index contributed by atoms with van der Waals surface area (Å²) in [5.41, 5.74) is 14.5. The van der Waals surface area contributed by atoms with Gasteiger partial charge in [-0.3, -0.25) is 0 Å². The first-order valence-corrected chi connectivity index (χ1v) is 15.3. The lowest BCUT2D eigenvalue weighted by molar-refractivity contribution is 0.224. The maximum absolute atomic E-state index is 4.46. The molecule has 38 heavy (non-hydrogen) atoms. The minimum absolute atomic E-state index is 0.365. The molecule has 0 amide bonds. The molecule has 0 N–H and O–H groups in total. The first-order chi connectivity index (χ1) is 18.3. The standard InChI is InChI=1S/C38H46/c1-7-9-30-16-28-18-32(36(30)20-28)22-35-26(5)14-23(2)15-38(35)33-11-8-10-31-17-29(21-37(31)33)19-34-25(4)13-12-24(3)27(34)6/h8,10-15,17,24,28,30,32,34,36H,4,6-7,9,16,18-22H2,1-3,5H3. The van der Waals surface area contributed by atoms with E-state index >= 15 is 0 Å². The summed E-state index contributed by atoms with van der Waals surface area (Å²) in [7, 11) is 0. The number of aryl methyl sites for hydroxylation is 2. The van der Waals surface area contributed by atoms with Gasteiger partial charge in [0.25, 0.3) is 0 Å². The molecule has 6 atom stereocenters. The fourth-order valence-electron chi connectivity index (χ4n) is 8.76. The van der Waals surface area contributed by atoms with E-state index in [-0.39, 0.29) is 0 Å². The van der Waals surface area contributed by atoms with Gasteiger partial charge in [-0.15, -0.1) is 0 Å². The molecule has 0 heteroatoms. The van der Waals surface area contributed by atoms with Gasteiger partial charge in [0, 0.05) is 5.92 Å². The zero-order chi connectivity index (χ0) is 26.6. The van der Waals surface area contributed by atoms with Crippen LogP contribution in [0.3, 0.4) is 0 Å². The second kappa shape index (κ2) is 10.2. The van der Waals surface area contributed by atoms with Gasteiger partial charge in [0.15, 0.2) is 0 Å². The summed E-state index contributed by atoms with van der Waals surface area (Å²) in [5, 5.41) is 0. The van der Waals surface area contributed by atoms with E-state index in [2.05, 4.69) is 89.4 Å². The van der Waals surface area contributed by atoms with Crippen molar-refractivity contribution < 1.29 is 0 Å². The molecule has 0 radical (unpaired) electrons. The lowest BCUT2D eigenvalue weighted by Crippen LogP contribution is -2.22. The number of rotatable bonds is 7. The second-order valence-electron chi connectivity index (χ2n) is 13.3. The smallest absolute Gasteiger partial charge is 0.00826 e. The van der Waals surface area contributed by atoms with Crippen molar-refractivity contribution in [1.29, 1.82) is 0 Å². The van der Waals surface area contributed by atoms with E-state index in [1.54, 1.807) is 5.56 Å². The third-order valence-electron chi connectivity index (χ3n) is 10.6. The Morgan fingerprint density at radius 3 is 2.55 bits per heavy atom. The van der Waals surface area contributed by atoms with E-state index in [9.17, 15) is 0 Å². The van der Waals surface area contributed by atoms with Crippen molar-refractivity contribution in [3.63, 3.8) is 0 Å². The highest BCUT2D eigenvalue weighted by Crippen LogP contribution is 2.55. The Morgan fingerprint density at radius 2 is 1.76 bits per heavy atom. The van der Waals surface area contributed by atoms with Crippen LogP contribution in [0.25, 0.3) is 17.2 Å². The molecule has 2 aromatic carbocycles. The summed E-state index contributed by atoms with van der Waals surface area (Å²) in [6.07, 6.45) is 17.5. The van der Waals surface area contributed by atoms with Gasteiger partial charge in [-0.05, 0) is 121 Å². The molecule has 6 rings (SSSR count). The third-order valence-corrected chi connectivity index (χ3v) is 10.6. The predicted octanol–water partition coefficient (Wildman–Crippen LogP) is 10.2. The Labute approximate surface area is 231 Å². The van der Waals surface area contributed by atoms with Gasteiger partial charge in [0.1, 0.15) is 0 Å².